The molecule has 0 aromatic heterocycles. The molecular weight excluding hydrogens is 300 g/mol. The van der Waals surface area contributed by atoms with Gasteiger partial charge >= 0.3 is 11.9 Å². The molecule has 0 aromatic carbocycles. The van der Waals surface area contributed by atoms with Gasteiger partial charge in [-0.25, -0.2) is 0 Å². The second kappa shape index (κ2) is 9.01. The lowest BCUT2D eigenvalue weighted by atomic mass is 9.98. The summed E-state index contributed by atoms with van der Waals surface area (Å²) in [4.78, 5) is 22.4. The maximum absolute atomic E-state index is 11.2. The monoisotopic (exact) mass is 322 g/mol. The van der Waals surface area contributed by atoms with Gasteiger partial charge in [-0.1, -0.05) is 0 Å². The van der Waals surface area contributed by atoms with Gasteiger partial charge in [-0.2, -0.15) is 0 Å². The van der Waals surface area contributed by atoms with E-state index in [-0.39, 0.29) is 13.2 Å². The first-order valence-corrected chi connectivity index (χ1v) is 6.92. The third-order valence-corrected chi connectivity index (χ3v) is 2.99. The van der Waals surface area contributed by atoms with E-state index in [9.17, 15) is 19.8 Å². The molecule has 0 spiro atoms. The van der Waals surface area contributed by atoms with Crippen molar-refractivity contribution >= 4 is 11.9 Å². The SMILES string of the molecule is CC(=O)O[C@H]1[C@@H](OCCCO)O[C@H](CO)[C@@H](O)[C@@H]1OC(C)=O. The Morgan fingerprint density at radius 1 is 1.09 bits per heavy atom. The van der Waals surface area contributed by atoms with E-state index in [1.165, 1.54) is 0 Å². The molecule has 1 aliphatic heterocycles. The maximum atomic E-state index is 11.2. The van der Waals surface area contributed by atoms with Gasteiger partial charge in [0.25, 0.3) is 0 Å². The molecule has 5 atom stereocenters. The predicted octanol–water partition coefficient (Wildman–Crippen LogP) is -1.67. The Kier molecular flexibility index (Phi) is 7.69. The van der Waals surface area contributed by atoms with Crippen molar-refractivity contribution < 1.29 is 43.9 Å². The summed E-state index contributed by atoms with van der Waals surface area (Å²) < 4.78 is 20.7. The fourth-order valence-corrected chi connectivity index (χ4v) is 2.08. The third kappa shape index (κ3) is 5.18. The molecule has 9 nitrogen and oxygen atoms in total. The number of carbonyl (C=O) groups is 2. The average Bonchev–Trinajstić information content (AvgIpc) is 2.44. The van der Waals surface area contributed by atoms with Gasteiger partial charge in [0, 0.05) is 20.5 Å². The maximum Gasteiger partial charge on any atom is 0.303 e. The van der Waals surface area contributed by atoms with Gasteiger partial charge in [0.2, 0.25) is 0 Å². The van der Waals surface area contributed by atoms with Crippen LogP contribution < -0.4 is 0 Å². The van der Waals surface area contributed by atoms with E-state index in [1.54, 1.807) is 0 Å². The molecule has 1 saturated heterocycles. The molecular formula is C13H22O9. The van der Waals surface area contributed by atoms with E-state index < -0.39 is 49.3 Å². The van der Waals surface area contributed by atoms with Crippen molar-refractivity contribution in [2.75, 3.05) is 19.8 Å². The first kappa shape index (κ1) is 18.8. The van der Waals surface area contributed by atoms with Crippen molar-refractivity contribution in [1.82, 2.24) is 0 Å². The number of rotatable bonds is 7. The van der Waals surface area contributed by atoms with E-state index in [0.717, 1.165) is 13.8 Å². The minimum absolute atomic E-state index is 0.0972. The standard InChI is InChI=1S/C13H22O9/c1-7(16)20-11-10(18)9(6-15)22-13(19-5-3-4-14)12(11)21-8(2)17/h9-15,18H,3-6H2,1-2H3/t9-,10-,11+,12-,13+/m1/s1. The highest BCUT2D eigenvalue weighted by atomic mass is 16.7. The number of ether oxygens (including phenoxy) is 4. The zero-order valence-electron chi connectivity index (χ0n) is 12.5. The van der Waals surface area contributed by atoms with Gasteiger partial charge < -0.3 is 34.3 Å². The van der Waals surface area contributed by atoms with Crippen LogP contribution in [0.25, 0.3) is 0 Å². The molecule has 1 aliphatic rings. The summed E-state index contributed by atoms with van der Waals surface area (Å²) in [7, 11) is 0. The van der Waals surface area contributed by atoms with Crippen molar-refractivity contribution in [2.45, 2.75) is 51.0 Å². The van der Waals surface area contributed by atoms with Crippen molar-refractivity contribution in [2.24, 2.45) is 0 Å². The normalized spacial score (nSPS) is 31.6. The summed E-state index contributed by atoms with van der Waals surface area (Å²) in [6, 6.07) is 0. The van der Waals surface area contributed by atoms with E-state index in [2.05, 4.69) is 0 Å². The Morgan fingerprint density at radius 3 is 2.18 bits per heavy atom. The zero-order valence-corrected chi connectivity index (χ0v) is 12.5. The van der Waals surface area contributed by atoms with Crippen LogP contribution in [0, 0.1) is 0 Å². The Balaban J connectivity index is 2.93. The molecule has 1 heterocycles. The molecule has 0 aliphatic carbocycles. The molecule has 3 N–H and O–H groups in total. The summed E-state index contributed by atoms with van der Waals surface area (Å²) in [6.07, 6.45) is -5.67. The largest absolute Gasteiger partial charge is 0.455 e. The van der Waals surface area contributed by atoms with Crippen LogP contribution in [0.3, 0.4) is 0 Å². The van der Waals surface area contributed by atoms with E-state index in [0.29, 0.717) is 6.42 Å². The molecule has 1 fully saturated rings. The minimum atomic E-state index is -1.38. The topological polar surface area (TPSA) is 132 Å². The van der Waals surface area contributed by atoms with Crippen LogP contribution >= 0.6 is 0 Å². The van der Waals surface area contributed by atoms with Crippen LogP contribution in [-0.4, -0.2) is 77.8 Å². The summed E-state index contributed by atoms with van der Waals surface area (Å²) in [5.41, 5.74) is 0. The van der Waals surface area contributed by atoms with Crippen LogP contribution in [0.5, 0.6) is 0 Å². The van der Waals surface area contributed by atoms with Gasteiger partial charge in [-0.15, -0.1) is 0 Å². The number of hydrogen-bond donors (Lipinski definition) is 3. The smallest absolute Gasteiger partial charge is 0.303 e. The summed E-state index contributed by atoms with van der Waals surface area (Å²) in [5.74, 6) is -1.36. The molecule has 0 bridgehead atoms. The average molecular weight is 322 g/mol. The quantitative estimate of drug-likeness (QED) is 0.371. The van der Waals surface area contributed by atoms with E-state index >= 15 is 0 Å². The Morgan fingerprint density at radius 2 is 1.68 bits per heavy atom. The van der Waals surface area contributed by atoms with Crippen LogP contribution in [0.4, 0.5) is 0 Å². The van der Waals surface area contributed by atoms with Crippen molar-refractivity contribution in [3.05, 3.63) is 0 Å². The van der Waals surface area contributed by atoms with Crippen LogP contribution in [0.2, 0.25) is 0 Å². The molecule has 0 aromatic rings. The lowest BCUT2D eigenvalue weighted by Crippen LogP contribution is -2.61. The zero-order chi connectivity index (χ0) is 16.7. The lowest BCUT2D eigenvalue weighted by molar-refractivity contribution is -0.306. The van der Waals surface area contributed by atoms with Crippen molar-refractivity contribution in [1.29, 1.82) is 0 Å². The third-order valence-electron chi connectivity index (χ3n) is 2.99. The van der Waals surface area contributed by atoms with Crippen LogP contribution in [0.1, 0.15) is 20.3 Å². The Labute approximate surface area is 127 Å². The Bertz CT molecular complexity index is 373. The predicted molar refractivity (Wildman–Crippen MR) is 70.5 cm³/mol. The summed E-state index contributed by atoms with van der Waals surface area (Å²) >= 11 is 0. The summed E-state index contributed by atoms with van der Waals surface area (Å²) in [6.45, 7) is 1.75. The van der Waals surface area contributed by atoms with Gasteiger partial charge in [0.05, 0.1) is 13.2 Å². The molecule has 0 unspecified atom stereocenters. The number of aliphatic hydroxyl groups is 3. The molecule has 0 radical (unpaired) electrons. The summed E-state index contributed by atoms with van der Waals surface area (Å²) in [5, 5.41) is 28.1. The molecule has 22 heavy (non-hydrogen) atoms. The minimum Gasteiger partial charge on any atom is -0.455 e. The fourth-order valence-electron chi connectivity index (χ4n) is 2.08. The van der Waals surface area contributed by atoms with Crippen LogP contribution in [0.15, 0.2) is 0 Å². The highest BCUT2D eigenvalue weighted by Gasteiger charge is 2.49. The van der Waals surface area contributed by atoms with E-state index in [4.69, 9.17) is 24.1 Å². The first-order chi connectivity index (χ1) is 10.4. The first-order valence-electron chi connectivity index (χ1n) is 6.92. The molecule has 0 amide bonds. The van der Waals surface area contributed by atoms with Crippen molar-refractivity contribution in [3.8, 4) is 0 Å². The number of esters is 2. The molecule has 128 valence electrons. The Hall–Kier alpha value is -1.26. The van der Waals surface area contributed by atoms with Gasteiger partial charge in [0.15, 0.2) is 18.5 Å². The lowest BCUT2D eigenvalue weighted by Gasteiger charge is -2.42. The second-order valence-corrected chi connectivity index (χ2v) is 4.81. The molecule has 0 saturated carbocycles. The van der Waals surface area contributed by atoms with Gasteiger partial charge in [-0.3, -0.25) is 9.59 Å². The second-order valence-electron chi connectivity index (χ2n) is 4.81. The molecule has 1 rings (SSSR count). The fraction of sp³-hybridized carbons (Fsp3) is 0.846. The van der Waals surface area contributed by atoms with E-state index in [1.807, 2.05) is 0 Å². The molecule has 9 heteroatoms. The number of aliphatic hydroxyl groups excluding tert-OH is 3. The highest BCUT2D eigenvalue weighted by Crippen LogP contribution is 2.27. The number of carbonyl (C=O) groups excluding carboxylic acids is 2. The van der Waals surface area contributed by atoms with Crippen molar-refractivity contribution in [3.63, 3.8) is 0 Å². The van der Waals surface area contributed by atoms with Crippen LogP contribution in [-0.2, 0) is 28.5 Å². The number of hydrogen-bond acceptors (Lipinski definition) is 9. The van der Waals surface area contributed by atoms with Gasteiger partial charge in [0.1, 0.15) is 12.2 Å². The van der Waals surface area contributed by atoms with Gasteiger partial charge in [-0.05, 0) is 6.42 Å². The highest BCUT2D eigenvalue weighted by molar-refractivity contribution is 5.67.